The van der Waals surface area contributed by atoms with Gasteiger partial charge in [-0.05, 0) is 37.2 Å². The first-order valence-electron chi connectivity index (χ1n) is 11.2. The first-order chi connectivity index (χ1) is 12.3. The molecular weight excluding hydrogens is 300 g/mol. The Balaban J connectivity index is -0.0000000809. The minimum atomic E-state index is 0.923. The molecule has 0 nitrogen and oxygen atoms in total. The van der Waals surface area contributed by atoms with E-state index in [0.717, 1.165) is 5.92 Å². The standard InChI is InChI=1S/C11H16.2C3H8.3C2H6.C2H4/c1-2-6-10(7-3-1)11-8-4-5-9-11;2*1-3-2;4*1-2/h2,6-7,11H,1,3-5,8-9H2;2*3H2,1-2H3;3*1-2H3;1-2H2. The second-order valence-electron chi connectivity index (χ2n) is 5.08. The predicted molar refractivity (Wildman–Crippen MR) is 126 cm³/mol. The largest absolute Gasteiger partial charge is 0.106 e. The number of hydrogen-bond donors (Lipinski definition) is 0. The van der Waals surface area contributed by atoms with Crippen LogP contribution < -0.4 is 0 Å². The van der Waals surface area contributed by atoms with Crippen LogP contribution in [0.4, 0.5) is 0 Å². The van der Waals surface area contributed by atoms with E-state index in [-0.39, 0.29) is 0 Å². The Morgan fingerprint density at radius 2 is 1.12 bits per heavy atom. The zero-order valence-electron chi connectivity index (χ0n) is 19.9. The van der Waals surface area contributed by atoms with Gasteiger partial charge in [0.05, 0.1) is 0 Å². The molecule has 0 spiro atoms. The van der Waals surface area contributed by atoms with E-state index >= 15 is 0 Å². The molecule has 0 heteroatoms. The van der Waals surface area contributed by atoms with Crippen molar-refractivity contribution in [1.29, 1.82) is 0 Å². The number of allylic oxidation sites excluding steroid dienone is 4. The molecule has 0 aliphatic heterocycles. The quantitative estimate of drug-likeness (QED) is 0.411. The van der Waals surface area contributed by atoms with E-state index in [4.69, 9.17) is 0 Å². The van der Waals surface area contributed by atoms with Crippen molar-refractivity contribution in [3.8, 4) is 0 Å². The first-order valence-corrected chi connectivity index (χ1v) is 11.2. The van der Waals surface area contributed by atoms with Crippen LogP contribution in [0, 0.1) is 5.92 Å². The highest BCUT2D eigenvalue weighted by atomic mass is 14.2. The smallest absolute Gasteiger partial charge is 0.0165 e. The highest BCUT2D eigenvalue weighted by Gasteiger charge is 2.17. The van der Waals surface area contributed by atoms with Gasteiger partial charge >= 0.3 is 0 Å². The molecule has 2 rings (SSSR count). The number of hydrogen-bond acceptors (Lipinski definition) is 0. The van der Waals surface area contributed by atoms with Crippen molar-refractivity contribution in [2.75, 3.05) is 0 Å². The van der Waals surface area contributed by atoms with Crippen molar-refractivity contribution < 1.29 is 0 Å². The number of rotatable bonds is 1. The van der Waals surface area contributed by atoms with E-state index in [0.29, 0.717) is 0 Å². The maximum atomic E-state index is 3.00. The van der Waals surface area contributed by atoms with Crippen molar-refractivity contribution >= 4 is 0 Å². The summed E-state index contributed by atoms with van der Waals surface area (Å²) in [6.45, 7) is 26.5. The third-order valence-electron chi connectivity index (χ3n) is 2.85. The van der Waals surface area contributed by atoms with Crippen LogP contribution in [-0.2, 0) is 0 Å². The van der Waals surface area contributed by atoms with Gasteiger partial charge in [0.25, 0.3) is 0 Å². The SMILES string of the molecule is C1=CC(C2CCCC2)=CCC1.C=C.CC.CC.CC.CCC.CCC. The van der Waals surface area contributed by atoms with Crippen LogP contribution in [0.5, 0.6) is 0 Å². The van der Waals surface area contributed by atoms with Crippen LogP contribution in [0.1, 0.15) is 121 Å². The molecule has 0 heterocycles. The minimum Gasteiger partial charge on any atom is -0.106 e. The van der Waals surface area contributed by atoms with Gasteiger partial charge in [0.2, 0.25) is 0 Å². The zero-order valence-corrected chi connectivity index (χ0v) is 19.9. The fourth-order valence-corrected chi connectivity index (χ4v) is 2.20. The Morgan fingerprint density at radius 3 is 1.40 bits per heavy atom. The predicted octanol–water partition coefficient (Wildman–Crippen LogP) is 10.2. The Kier molecular flexibility index (Phi) is 61.6. The van der Waals surface area contributed by atoms with E-state index in [1.807, 2.05) is 41.5 Å². The lowest BCUT2D eigenvalue weighted by atomic mass is 9.93. The van der Waals surface area contributed by atoms with Gasteiger partial charge in [0.1, 0.15) is 0 Å². The van der Waals surface area contributed by atoms with Gasteiger partial charge in [0.15, 0.2) is 0 Å². The molecule has 1 saturated carbocycles. The molecule has 0 aromatic heterocycles. The molecule has 0 amide bonds. The summed E-state index contributed by atoms with van der Waals surface area (Å²) in [5, 5.41) is 0. The summed E-state index contributed by atoms with van der Waals surface area (Å²) in [6.07, 6.45) is 17.9. The second-order valence-corrected chi connectivity index (χ2v) is 5.08. The van der Waals surface area contributed by atoms with Gasteiger partial charge in [-0.25, -0.2) is 0 Å². The van der Waals surface area contributed by atoms with Crippen LogP contribution >= 0.6 is 0 Å². The van der Waals surface area contributed by atoms with Crippen LogP contribution in [0.2, 0.25) is 0 Å². The van der Waals surface area contributed by atoms with E-state index in [2.05, 4.69) is 59.1 Å². The maximum absolute atomic E-state index is 3.00. The lowest BCUT2D eigenvalue weighted by molar-refractivity contribution is 0.649. The highest BCUT2D eigenvalue weighted by molar-refractivity contribution is 5.25. The summed E-state index contributed by atoms with van der Waals surface area (Å²) >= 11 is 0. The van der Waals surface area contributed by atoms with Crippen LogP contribution in [-0.4, -0.2) is 0 Å². The normalized spacial score (nSPS) is 13.6. The molecule has 2 aliphatic rings. The van der Waals surface area contributed by atoms with Crippen molar-refractivity contribution in [1.82, 2.24) is 0 Å². The molecule has 0 aromatic carbocycles. The van der Waals surface area contributed by atoms with Crippen molar-refractivity contribution in [2.45, 2.75) is 121 Å². The van der Waals surface area contributed by atoms with Crippen molar-refractivity contribution in [3.05, 3.63) is 37.0 Å². The molecule has 0 radical (unpaired) electrons. The topological polar surface area (TPSA) is 0 Å². The lowest BCUT2D eigenvalue weighted by Crippen LogP contribution is -1.97. The third kappa shape index (κ3) is 31.5. The van der Waals surface area contributed by atoms with E-state index in [9.17, 15) is 0 Å². The summed E-state index contributed by atoms with van der Waals surface area (Å²) in [6, 6.07) is 0. The summed E-state index contributed by atoms with van der Waals surface area (Å²) in [7, 11) is 0. The molecule has 25 heavy (non-hydrogen) atoms. The van der Waals surface area contributed by atoms with E-state index < -0.39 is 0 Å². The van der Waals surface area contributed by atoms with Gasteiger partial charge in [0, 0.05) is 0 Å². The molecule has 0 N–H and O–H groups in total. The Morgan fingerprint density at radius 1 is 0.760 bits per heavy atom. The molecule has 0 unspecified atom stereocenters. The summed E-state index contributed by atoms with van der Waals surface area (Å²) in [5.74, 6) is 0.923. The van der Waals surface area contributed by atoms with Gasteiger partial charge in [-0.1, -0.05) is 113 Å². The lowest BCUT2D eigenvalue weighted by Gasteiger charge is -2.13. The van der Waals surface area contributed by atoms with Gasteiger partial charge in [-0.2, -0.15) is 0 Å². The Bertz CT molecular complexity index is 214. The Hall–Kier alpha value is -0.780. The maximum Gasteiger partial charge on any atom is -0.0165 e. The Labute approximate surface area is 163 Å². The average Bonchev–Trinajstić information content (AvgIpc) is 3.25. The molecule has 154 valence electrons. The van der Waals surface area contributed by atoms with Crippen LogP contribution in [0.3, 0.4) is 0 Å². The van der Waals surface area contributed by atoms with Crippen LogP contribution in [0.25, 0.3) is 0 Å². The van der Waals surface area contributed by atoms with Gasteiger partial charge in [-0.3, -0.25) is 0 Å². The fourth-order valence-electron chi connectivity index (χ4n) is 2.20. The molecule has 0 saturated heterocycles. The second kappa shape index (κ2) is 43.6. The first kappa shape index (κ1) is 35.4. The van der Waals surface area contributed by atoms with Gasteiger partial charge in [-0.15, -0.1) is 13.2 Å². The monoisotopic (exact) mass is 354 g/mol. The molecule has 1 fully saturated rings. The van der Waals surface area contributed by atoms with Crippen molar-refractivity contribution in [2.24, 2.45) is 5.92 Å². The fraction of sp³-hybridized carbons (Fsp3) is 0.760. The zero-order chi connectivity index (χ0) is 20.9. The van der Waals surface area contributed by atoms with Crippen molar-refractivity contribution in [3.63, 3.8) is 0 Å². The van der Waals surface area contributed by atoms with Gasteiger partial charge < -0.3 is 0 Å². The third-order valence-corrected chi connectivity index (χ3v) is 2.85. The summed E-state index contributed by atoms with van der Waals surface area (Å²) in [4.78, 5) is 0. The molecule has 0 aromatic rings. The molecule has 0 bridgehead atoms. The van der Waals surface area contributed by atoms with E-state index in [1.54, 1.807) is 5.57 Å². The van der Waals surface area contributed by atoms with E-state index in [1.165, 1.54) is 51.4 Å². The molecule has 2 aliphatic carbocycles. The minimum absolute atomic E-state index is 0.923. The highest BCUT2D eigenvalue weighted by Crippen LogP contribution is 2.33. The average molecular weight is 355 g/mol. The van der Waals surface area contributed by atoms with Crippen LogP contribution in [0.15, 0.2) is 37.0 Å². The molecular formula is C25H54. The molecule has 0 atom stereocenters. The summed E-state index contributed by atoms with van der Waals surface area (Å²) < 4.78 is 0. The summed E-state index contributed by atoms with van der Waals surface area (Å²) in [5.41, 5.74) is 1.63.